The van der Waals surface area contributed by atoms with E-state index in [9.17, 15) is 10.1 Å². The number of halogens is 2. The summed E-state index contributed by atoms with van der Waals surface area (Å²) in [5.41, 5.74) is 1.21. The van der Waals surface area contributed by atoms with Crippen molar-refractivity contribution >= 4 is 28.9 Å². The van der Waals surface area contributed by atoms with Crippen LogP contribution in [0.25, 0.3) is 0 Å². The van der Waals surface area contributed by atoms with Crippen molar-refractivity contribution in [2.24, 2.45) is 0 Å². The predicted octanol–water partition coefficient (Wildman–Crippen LogP) is 5.02. The van der Waals surface area contributed by atoms with Crippen LogP contribution >= 0.6 is 23.2 Å². The summed E-state index contributed by atoms with van der Waals surface area (Å²) in [5, 5.41) is 10.5. The number of nitro groups is 1. The normalized spacial score (nSPS) is 11.1. The fourth-order valence-corrected chi connectivity index (χ4v) is 1.67. The van der Waals surface area contributed by atoms with Gasteiger partial charge in [0.25, 0.3) is 5.69 Å². The number of non-ortho nitro benzene ring substituents is 1. The number of nitro benzene ring substituents is 1. The van der Waals surface area contributed by atoms with Gasteiger partial charge in [-0.05, 0) is 38.0 Å². The first kappa shape index (κ1) is 16.5. The molecular weight excluding hydrogens is 301 g/mol. The van der Waals surface area contributed by atoms with Gasteiger partial charge < -0.3 is 4.74 Å². The molecule has 4 nitrogen and oxygen atoms in total. The Morgan fingerprint density at radius 2 is 1.95 bits per heavy atom. The molecule has 0 N–H and O–H groups in total. The molecule has 0 amide bonds. The molecule has 108 valence electrons. The van der Waals surface area contributed by atoms with Crippen molar-refractivity contribution in [3.8, 4) is 5.75 Å². The molecule has 1 aromatic rings. The van der Waals surface area contributed by atoms with E-state index in [0.717, 1.165) is 18.4 Å². The summed E-state index contributed by atoms with van der Waals surface area (Å²) in [6.45, 7) is 2.41. The fourth-order valence-electron chi connectivity index (χ4n) is 1.46. The SMILES string of the molecule is CC(=CCOc1ccc([N+](=O)[O-])cc1)CCC=C(Cl)Cl. The molecule has 1 aromatic carbocycles. The Morgan fingerprint density at radius 1 is 1.30 bits per heavy atom. The molecule has 20 heavy (non-hydrogen) atoms. The molecule has 0 aliphatic rings. The first-order valence-electron chi connectivity index (χ1n) is 6.03. The third kappa shape index (κ3) is 6.59. The van der Waals surface area contributed by atoms with Crippen LogP contribution in [0.5, 0.6) is 5.75 Å². The highest BCUT2D eigenvalue weighted by molar-refractivity contribution is 6.55. The molecule has 1 rings (SSSR count). The van der Waals surface area contributed by atoms with Crippen molar-refractivity contribution < 1.29 is 9.66 Å². The lowest BCUT2D eigenvalue weighted by Gasteiger charge is -2.04. The monoisotopic (exact) mass is 315 g/mol. The number of rotatable bonds is 7. The lowest BCUT2D eigenvalue weighted by atomic mass is 10.1. The molecule has 0 aromatic heterocycles. The quantitative estimate of drug-likeness (QED) is 0.403. The van der Waals surface area contributed by atoms with Gasteiger partial charge in [-0.25, -0.2) is 0 Å². The molecule has 0 spiro atoms. The zero-order valence-corrected chi connectivity index (χ0v) is 12.5. The van der Waals surface area contributed by atoms with E-state index in [0.29, 0.717) is 12.4 Å². The van der Waals surface area contributed by atoms with Crippen molar-refractivity contribution in [2.45, 2.75) is 19.8 Å². The molecule has 0 atom stereocenters. The third-order valence-electron chi connectivity index (χ3n) is 2.57. The predicted molar refractivity (Wildman–Crippen MR) is 81.4 cm³/mol. The van der Waals surface area contributed by atoms with Crippen molar-refractivity contribution in [2.75, 3.05) is 6.61 Å². The van der Waals surface area contributed by atoms with Crippen LogP contribution in [0, 0.1) is 10.1 Å². The zero-order chi connectivity index (χ0) is 15.0. The molecule has 0 bridgehead atoms. The topological polar surface area (TPSA) is 52.4 Å². The van der Waals surface area contributed by atoms with Gasteiger partial charge in [-0.1, -0.05) is 34.9 Å². The minimum atomic E-state index is -0.441. The number of hydrogen-bond acceptors (Lipinski definition) is 3. The molecule has 0 aliphatic heterocycles. The summed E-state index contributed by atoms with van der Waals surface area (Å²) in [4.78, 5) is 10.1. The van der Waals surface area contributed by atoms with E-state index in [4.69, 9.17) is 27.9 Å². The number of benzene rings is 1. The summed E-state index contributed by atoms with van der Waals surface area (Å²) < 4.78 is 5.75. The van der Waals surface area contributed by atoms with Gasteiger partial charge in [0.05, 0.1) is 4.92 Å². The van der Waals surface area contributed by atoms with Crippen LogP contribution in [0.1, 0.15) is 19.8 Å². The lowest BCUT2D eigenvalue weighted by molar-refractivity contribution is -0.384. The van der Waals surface area contributed by atoms with E-state index in [-0.39, 0.29) is 10.2 Å². The minimum absolute atomic E-state index is 0.0498. The molecule has 0 aliphatic carbocycles. The molecule has 0 heterocycles. The van der Waals surface area contributed by atoms with Crippen LogP contribution in [0.2, 0.25) is 0 Å². The number of nitrogens with zero attached hydrogens (tertiary/aromatic N) is 1. The first-order valence-corrected chi connectivity index (χ1v) is 6.78. The average Bonchev–Trinajstić information content (AvgIpc) is 2.39. The summed E-state index contributed by atoms with van der Waals surface area (Å²) in [7, 11) is 0. The average molecular weight is 316 g/mol. The second-order valence-corrected chi connectivity index (χ2v) is 5.15. The zero-order valence-electron chi connectivity index (χ0n) is 11.0. The fraction of sp³-hybridized carbons (Fsp3) is 0.286. The van der Waals surface area contributed by atoms with E-state index in [2.05, 4.69) is 0 Å². The van der Waals surface area contributed by atoms with Crippen LogP contribution < -0.4 is 4.74 Å². The summed E-state index contributed by atoms with van der Waals surface area (Å²) in [5.74, 6) is 0.600. The third-order valence-corrected chi connectivity index (χ3v) is 2.88. The number of hydrogen-bond donors (Lipinski definition) is 0. The maximum Gasteiger partial charge on any atom is 0.269 e. The largest absolute Gasteiger partial charge is 0.490 e. The number of ether oxygens (including phenoxy) is 1. The van der Waals surface area contributed by atoms with E-state index in [1.165, 1.54) is 12.1 Å². The van der Waals surface area contributed by atoms with E-state index in [1.54, 1.807) is 18.2 Å². The van der Waals surface area contributed by atoms with Crippen LogP contribution in [-0.4, -0.2) is 11.5 Å². The highest BCUT2D eigenvalue weighted by Gasteiger charge is 2.03. The standard InChI is InChI=1S/C14H15Cl2NO3/c1-11(3-2-4-14(15)16)9-10-20-13-7-5-12(6-8-13)17(18)19/h4-9H,2-3,10H2,1H3. The van der Waals surface area contributed by atoms with Crippen molar-refractivity contribution in [1.82, 2.24) is 0 Å². The maximum absolute atomic E-state index is 10.5. The Balaban J connectivity index is 2.39. The molecule has 0 fully saturated rings. The van der Waals surface area contributed by atoms with E-state index in [1.807, 2.05) is 13.0 Å². The Bertz CT molecular complexity index is 506. The first-order chi connectivity index (χ1) is 9.49. The van der Waals surface area contributed by atoms with Gasteiger partial charge in [0.2, 0.25) is 0 Å². The summed E-state index contributed by atoms with van der Waals surface area (Å²) in [6, 6.07) is 5.99. The van der Waals surface area contributed by atoms with Crippen LogP contribution in [-0.2, 0) is 0 Å². The second-order valence-electron chi connectivity index (χ2n) is 4.14. The van der Waals surface area contributed by atoms with E-state index < -0.39 is 4.92 Å². The smallest absolute Gasteiger partial charge is 0.269 e. The maximum atomic E-state index is 10.5. The van der Waals surface area contributed by atoms with Gasteiger partial charge in [-0.2, -0.15) is 0 Å². The lowest BCUT2D eigenvalue weighted by Crippen LogP contribution is -1.95. The van der Waals surface area contributed by atoms with Gasteiger partial charge >= 0.3 is 0 Å². The molecular formula is C14H15Cl2NO3. The van der Waals surface area contributed by atoms with Crippen molar-refractivity contribution in [3.05, 3.63) is 56.6 Å². The molecule has 6 heteroatoms. The Kier molecular flexibility index (Phi) is 7.12. The summed E-state index contributed by atoms with van der Waals surface area (Å²) >= 11 is 11.0. The van der Waals surface area contributed by atoms with E-state index >= 15 is 0 Å². The Morgan fingerprint density at radius 3 is 2.50 bits per heavy atom. The van der Waals surface area contributed by atoms with Crippen LogP contribution in [0.4, 0.5) is 5.69 Å². The van der Waals surface area contributed by atoms with Gasteiger partial charge in [-0.15, -0.1) is 0 Å². The van der Waals surface area contributed by atoms with Gasteiger partial charge in [0.15, 0.2) is 0 Å². The van der Waals surface area contributed by atoms with Crippen molar-refractivity contribution in [3.63, 3.8) is 0 Å². The minimum Gasteiger partial charge on any atom is -0.490 e. The van der Waals surface area contributed by atoms with Gasteiger partial charge in [0.1, 0.15) is 16.8 Å². The molecule has 0 unspecified atom stereocenters. The second kappa shape index (κ2) is 8.61. The van der Waals surface area contributed by atoms with Crippen molar-refractivity contribution in [1.29, 1.82) is 0 Å². The molecule has 0 radical (unpaired) electrons. The number of allylic oxidation sites excluding steroid dienone is 2. The van der Waals surface area contributed by atoms with Crippen LogP contribution in [0.15, 0.2) is 46.5 Å². The molecule has 0 saturated heterocycles. The van der Waals surface area contributed by atoms with Gasteiger partial charge in [0, 0.05) is 12.1 Å². The Labute approximate surface area is 127 Å². The van der Waals surface area contributed by atoms with Crippen LogP contribution in [0.3, 0.4) is 0 Å². The highest BCUT2D eigenvalue weighted by Crippen LogP contribution is 2.17. The van der Waals surface area contributed by atoms with Gasteiger partial charge in [-0.3, -0.25) is 10.1 Å². The molecule has 0 saturated carbocycles. The Hall–Kier alpha value is -1.52. The summed E-state index contributed by atoms with van der Waals surface area (Å²) in [6.07, 6.45) is 5.34. The highest BCUT2D eigenvalue weighted by atomic mass is 35.5.